The van der Waals surface area contributed by atoms with Gasteiger partial charge in [-0.1, -0.05) is 13.8 Å². The molecule has 1 saturated heterocycles. The third-order valence-electron chi connectivity index (χ3n) is 4.82. The van der Waals surface area contributed by atoms with Gasteiger partial charge in [-0.15, -0.1) is 0 Å². The van der Waals surface area contributed by atoms with E-state index >= 15 is 0 Å². The van der Waals surface area contributed by atoms with Crippen molar-refractivity contribution in [3.63, 3.8) is 0 Å². The van der Waals surface area contributed by atoms with Crippen molar-refractivity contribution < 1.29 is 8.42 Å². The third-order valence-corrected chi connectivity index (χ3v) is 5.85. The van der Waals surface area contributed by atoms with Gasteiger partial charge in [0.15, 0.2) is 0 Å². The van der Waals surface area contributed by atoms with Crippen molar-refractivity contribution in [2.75, 3.05) is 29.2 Å². The van der Waals surface area contributed by atoms with E-state index in [1.54, 1.807) is 6.20 Å². The average molecular weight is 348 g/mol. The number of hydrogen-bond donors (Lipinski definition) is 1. The summed E-state index contributed by atoms with van der Waals surface area (Å²) in [5.74, 6) is 2.05. The summed E-state index contributed by atoms with van der Waals surface area (Å²) < 4.78 is 23.1. The fourth-order valence-electron chi connectivity index (χ4n) is 3.40. The summed E-state index contributed by atoms with van der Waals surface area (Å²) in [4.78, 5) is 11.0. The van der Waals surface area contributed by atoms with Crippen LogP contribution in [-0.4, -0.2) is 43.0 Å². The van der Waals surface area contributed by atoms with E-state index in [1.165, 1.54) is 6.26 Å². The molecule has 0 radical (unpaired) electrons. The Kier molecular flexibility index (Phi) is 4.15. The van der Waals surface area contributed by atoms with Gasteiger partial charge in [0.05, 0.1) is 5.75 Å². The molecule has 0 saturated carbocycles. The highest BCUT2D eigenvalue weighted by Crippen LogP contribution is 2.37. The maximum Gasteiger partial charge on any atom is 0.147 e. The first kappa shape index (κ1) is 17.0. The van der Waals surface area contributed by atoms with E-state index in [1.807, 2.05) is 19.2 Å². The molecule has 6 nitrogen and oxygen atoms in total. The van der Waals surface area contributed by atoms with Crippen molar-refractivity contribution >= 4 is 32.2 Å². The fraction of sp³-hybridized carbons (Fsp3) is 0.529. The van der Waals surface area contributed by atoms with Crippen LogP contribution in [0.3, 0.4) is 0 Å². The molecule has 2 aromatic heterocycles. The van der Waals surface area contributed by atoms with E-state index in [2.05, 4.69) is 28.7 Å². The van der Waals surface area contributed by atoms with Gasteiger partial charge in [0.25, 0.3) is 0 Å². The summed E-state index contributed by atoms with van der Waals surface area (Å²) in [5.41, 5.74) is 7.01. The summed E-state index contributed by atoms with van der Waals surface area (Å²) in [7, 11) is -2.96. The largest absolute Gasteiger partial charge is 0.384 e. The highest BCUT2D eigenvalue weighted by Gasteiger charge is 2.38. The van der Waals surface area contributed by atoms with Gasteiger partial charge >= 0.3 is 0 Å². The van der Waals surface area contributed by atoms with E-state index in [4.69, 9.17) is 5.73 Å². The van der Waals surface area contributed by atoms with Gasteiger partial charge in [0, 0.05) is 42.5 Å². The molecule has 3 rings (SSSR count). The van der Waals surface area contributed by atoms with Crippen LogP contribution in [-0.2, 0) is 9.84 Å². The second-order valence-corrected chi connectivity index (χ2v) is 9.28. The van der Waals surface area contributed by atoms with Crippen molar-refractivity contribution in [1.29, 1.82) is 0 Å². The average Bonchev–Trinajstić information content (AvgIpc) is 2.48. The van der Waals surface area contributed by atoms with Crippen LogP contribution >= 0.6 is 0 Å². The van der Waals surface area contributed by atoms with Gasteiger partial charge in [-0.3, -0.25) is 0 Å². The Morgan fingerprint density at radius 2 is 2.00 bits per heavy atom. The SMILES string of the molecule is CC(C)c1cnc(N2C[C@H](CS(C)(=O)=O)[C@H]2C)c2cnc(N)cc12. The molecule has 0 aliphatic carbocycles. The lowest BCUT2D eigenvalue weighted by molar-refractivity contribution is 0.339. The minimum atomic E-state index is -2.96. The number of aromatic nitrogens is 2. The number of fused-ring (bicyclic) bond motifs is 1. The van der Waals surface area contributed by atoms with Crippen LogP contribution < -0.4 is 10.6 Å². The predicted molar refractivity (Wildman–Crippen MR) is 98.0 cm³/mol. The summed E-state index contributed by atoms with van der Waals surface area (Å²) in [6.07, 6.45) is 4.97. The van der Waals surface area contributed by atoms with Gasteiger partial charge in [-0.25, -0.2) is 18.4 Å². The Bertz CT molecular complexity index is 880. The Morgan fingerprint density at radius 3 is 2.58 bits per heavy atom. The van der Waals surface area contributed by atoms with Gasteiger partial charge in [-0.05, 0) is 29.9 Å². The molecule has 2 N–H and O–H groups in total. The van der Waals surface area contributed by atoms with Crippen molar-refractivity contribution in [1.82, 2.24) is 9.97 Å². The van der Waals surface area contributed by atoms with Gasteiger partial charge in [0.1, 0.15) is 21.5 Å². The lowest BCUT2D eigenvalue weighted by atomic mass is 9.90. The molecule has 0 bridgehead atoms. The Morgan fingerprint density at radius 1 is 1.29 bits per heavy atom. The zero-order valence-corrected chi connectivity index (χ0v) is 15.3. The Labute approximate surface area is 143 Å². The molecule has 0 aromatic carbocycles. The quantitative estimate of drug-likeness (QED) is 0.911. The monoisotopic (exact) mass is 348 g/mol. The molecule has 2 aromatic rings. The van der Waals surface area contributed by atoms with E-state index in [0.29, 0.717) is 18.3 Å². The molecule has 1 fully saturated rings. The first-order valence-corrected chi connectivity index (χ1v) is 10.2. The van der Waals surface area contributed by atoms with Crippen molar-refractivity contribution in [2.24, 2.45) is 5.92 Å². The highest BCUT2D eigenvalue weighted by molar-refractivity contribution is 7.90. The summed E-state index contributed by atoms with van der Waals surface area (Å²) in [6, 6.07) is 2.03. The number of anilines is 2. The van der Waals surface area contributed by atoms with Crippen molar-refractivity contribution in [2.45, 2.75) is 32.7 Å². The summed E-state index contributed by atoms with van der Waals surface area (Å²) in [6.45, 7) is 7.00. The Hall–Kier alpha value is -1.89. The maximum atomic E-state index is 11.5. The van der Waals surface area contributed by atoms with Crippen LogP contribution in [0.1, 0.15) is 32.3 Å². The second-order valence-electron chi connectivity index (χ2n) is 7.09. The van der Waals surface area contributed by atoms with E-state index in [9.17, 15) is 8.42 Å². The summed E-state index contributed by atoms with van der Waals surface area (Å²) in [5, 5.41) is 2.04. The molecule has 130 valence electrons. The predicted octanol–water partition coefficient (Wildman–Crippen LogP) is 2.20. The molecule has 1 aliphatic heterocycles. The van der Waals surface area contributed by atoms with E-state index in [0.717, 1.165) is 22.2 Å². The number of nitrogens with two attached hydrogens (primary N) is 1. The molecule has 3 heterocycles. The molecule has 24 heavy (non-hydrogen) atoms. The lowest BCUT2D eigenvalue weighted by Gasteiger charge is -2.47. The number of pyridine rings is 2. The molecule has 0 unspecified atom stereocenters. The zero-order valence-electron chi connectivity index (χ0n) is 14.5. The molecule has 1 aliphatic rings. The van der Waals surface area contributed by atoms with Crippen LogP contribution in [0.5, 0.6) is 0 Å². The third kappa shape index (κ3) is 3.05. The summed E-state index contributed by atoms with van der Waals surface area (Å²) >= 11 is 0. The second kappa shape index (κ2) is 5.88. The first-order chi connectivity index (χ1) is 11.2. The smallest absolute Gasteiger partial charge is 0.147 e. The van der Waals surface area contributed by atoms with Gasteiger partial charge in [0.2, 0.25) is 0 Å². The molecular weight excluding hydrogens is 324 g/mol. The zero-order chi connectivity index (χ0) is 17.6. The van der Waals surface area contributed by atoms with E-state index < -0.39 is 9.84 Å². The normalized spacial score (nSPS) is 21.3. The molecular formula is C17H24N4O2S. The number of hydrogen-bond acceptors (Lipinski definition) is 6. The maximum absolute atomic E-state index is 11.5. The fourth-order valence-corrected chi connectivity index (χ4v) is 4.56. The number of nitrogen functional groups attached to an aromatic ring is 1. The van der Waals surface area contributed by atoms with Crippen molar-refractivity contribution in [3.05, 3.63) is 24.0 Å². The number of rotatable bonds is 4. The van der Waals surface area contributed by atoms with Crippen LogP contribution in [0, 0.1) is 5.92 Å². The van der Waals surface area contributed by atoms with Crippen LogP contribution in [0.15, 0.2) is 18.5 Å². The van der Waals surface area contributed by atoms with Gasteiger partial charge in [-0.2, -0.15) is 0 Å². The number of sulfone groups is 1. The molecule has 2 atom stereocenters. The van der Waals surface area contributed by atoms with Gasteiger partial charge < -0.3 is 10.6 Å². The van der Waals surface area contributed by atoms with Crippen molar-refractivity contribution in [3.8, 4) is 0 Å². The van der Waals surface area contributed by atoms with Crippen LogP contribution in [0.2, 0.25) is 0 Å². The topological polar surface area (TPSA) is 89.2 Å². The standard InChI is InChI=1S/C17H24N4O2S/c1-10(2)14-6-20-17(15-7-19-16(18)5-13(14)15)21-8-12(11(21)3)9-24(4,22)23/h5-7,10-12H,8-9H2,1-4H3,(H2,18,19)/t11-,12-/m1/s1. The van der Waals surface area contributed by atoms with Crippen LogP contribution in [0.25, 0.3) is 10.8 Å². The van der Waals surface area contributed by atoms with Crippen LogP contribution in [0.4, 0.5) is 11.6 Å². The molecule has 0 spiro atoms. The first-order valence-electron chi connectivity index (χ1n) is 8.16. The molecule has 0 amide bonds. The lowest BCUT2D eigenvalue weighted by Crippen LogP contribution is -2.57. The minimum absolute atomic E-state index is 0.137. The highest BCUT2D eigenvalue weighted by atomic mass is 32.2. The molecule has 7 heteroatoms. The number of nitrogens with zero attached hydrogens (tertiary/aromatic N) is 3. The Balaban J connectivity index is 1.99. The minimum Gasteiger partial charge on any atom is -0.384 e. The van der Waals surface area contributed by atoms with E-state index in [-0.39, 0.29) is 17.7 Å².